The average molecular weight is 565 g/mol. The van der Waals surface area contributed by atoms with Crippen molar-refractivity contribution in [2.24, 2.45) is 5.92 Å². The maximum atomic E-state index is 13.5. The van der Waals surface area contributed by atoms with Gasteiger partial charge in [0.15, 0.2) is 0 Å². The van der Waals surface area contributed by atoms with E-state index in [-0.39, 0.29) is 20.3 Å². The second kappa shape index (κ2) is 12.6. The number of pyridine rings is 1. The third-order valence-electron chi connectivity index (χ3n) is 7.31. The Kier molecular flexibility index (Phi) is 9.25. The number of hydrogen-bond acceptors (Lipinski definition) is 7. The number of carbonyl (C=O) groups excluding carboxylic acids is 1. The van der Waals surface area contributed by atoms with Crippen LogP contribution in [0.2, 0.25) is 0 Å². The van der Waals surface area contributed by atoms with Gasteiger partial charge in [-0.25, -0.2) is 0 Å². The molecule has 1 aromatic heterocycles. The Balaban J connectivity index is 1.75. The van der Waals surface area contributed by atoms with Gasteiger partial charge in [-0.05, 0) is 55.7 Å². The largest absolute Gasteiger partial charge is 0.480 e. The zero-order valence-electron chi connectivity index (χ0n) is 22.2. The van der Waals surface area contributed by atoms with Crippen LogP contribution in [-0.2, 0) is 22.6 Å². The standard InChI is InChI=1S/C29H32N4O4S2/c1-3-4-12-32-26(31-13-10-21(11-14-31)15-20-8-6-5-7-9-20)22(19(2)23(17-30)27(32)36)16-24-28(37)33(18-25(34)35)29(38)39-24/h5-9,16,21H,3-4,10-15,18H2,1-2H3,(H,34,35)/b24-16+. The Morgan fingerprint density at radius 1 is 1.23 bits per heavy atom. The Bertz CT molecular complexity index is 1400. The summed E-state index contributed by atoms with van der Waals surface area (Å²) in [6, 6.07) is 12.5. The first-order chi connectivity index (χ1) is 18.7. The molecule has 2 saturated heterocycles. The molecule has 1 N–H and O–H groups in total. The molecule has 0 spiro atoms. The second-order valence-corrected chi connectivity index (χ2v) is 11.6. The first-order valence-corrected chi connectivity index (χ1v) is 14.4. The van der Waals surface area contributed by atoms with E-state index in [0.717, 1.165) is 61.9 Å². The fraction of sp³-hybridized carbons (Fsp3) is 0.414. The molecule has 0 radical (unpaired) electrons. The fourth-order valence-corrected chi connectivity index (χ4v) is 6.44. The van der Waals surface area contributed by atoms with Crippen molar-refractivity contribution in [1.29, 1.82) is 5.26 Å². The van der Waals surface area contributed by atoms with Gasteiger partial charge in [-0.1, -0.05) is 67.7 Å². The summed E-state index contributed by atoms with van der Waals surface area (Å²) in [4.78, 5) is 41.4. The molecule has 0 unspecified atom stereocenters. The Hall–Kier alpha value is -3.42. The van der Waals surface area contributed by atoms with Crippen molar-refractivity contribution in [2.45, 2.75) is 52.5 Å². The number of anilines is 1. The normalized spacial score (nSPS) is 17.2. The predicted molar refractivity (Wildman–Crippen MR) is 158 cm³/mol. The molecule has 39 heavy (non-hydrogen) atoms. The van der Waals surface area contributed by atoms with Gasteiger partial charge in [0, 0.05) is 25.2 Å². The van der Waals surface area contributed by atoms with Crippen LogP contribution >= 0.6 is 24.0 Å². The average Bonchev–Trinajstić information content (AvgIpc) is 3.18. The monoisotopic (exact) mass is 564 g/mol. The molecule has 8 nitrogen and oxygen atoms in total. The molecular weight excluding hydrogens is 532 g/mol. The van der Waals surface area contributed by atoms with Crippen molar-refractivity contribution in [3.05, 3.63) is 67.8 Å². The maximum Gasteiger partial charge on any atom is 0.323 e. The molecule has 1 aromatic carbocycles. The minimum absolute atomic E-state index is 0.0566. The summed E-state index contributed by atoms with van der Waals surface area (Å²) in [5.74, 6) is -0.395. The van der Waals surface area contributed by atoms with Gasteiger partial charge >= 0.3 is 5.97 Å². The summed E-state index contributed by atoms with van der Waals surface area (Å²) >= 11 is 6.33. The molecule has 0 saturated carbocycles. The predicted octanol–water partition coefficient (Wildman–Crippen LogP) is 4.57. The van der Waals surface area contributed by atoms with Crippen molar-refractivity contribution in [3.63, 3.8) is 0 Å². The van der Waals surface area contributed by atoms with Crippen LogP contribution in [0.3, 0.4) is 0 Å². The van der Waals surface area contributed by atoms with E-state index in [2.05, 4.69) is 35.2 Å². The van der Waals surface area contributed by atoms with Gasteiger partial charge in [0.05, 0.1) is 4.91 Å². The molecule has 0 aliphatic carbocycles. The minimum Gasteiger partial charge on any atom is -0.480 e. The number of thioether (sulfide) groups is 1. The summed E-state index contributed by atoms with van der Waals surface area (Å²) in [6.45, 7) is 5.23. The number of aliphatic carboxylic acids is 1. The molecular formula is C29H32N4O4S2. The number of aromatic nitrogens is 1. The number of nitrogens with zero attached hydrogens (tertiary/aromatic N) is 4. The molecule has 1 amide bonds. The molecule has 2 fully saturated rings. The molecule has 2 aromatic rings. The number of amides is 1. The quantitative estimate of drug-likeness (QED) is 0.349. The van der Waals surface area contributed by atoms with Crippen LogP contribution in [0.4, 0.5) is 5.82 Å². The van der Waals surface area contributed by atoms with Gasteiger partial charge in [0.2, 0.25) is 0 Å². The number of piperidine rings is 1. The number of nitriles is 1. The van der Waals surface area contributed by atoms with Crippen LogP contribution in [0.5, 0.6) is 0 Å². The summed E-state index contributed by atoms with van der Waals surface area (Å²) < 4.78 is 1.87. The van der Waals surface area contributed by atoms with E-state index in [0.29, 0.717) is 29.4 Å². The lowest BCUT2D eigenvalue weighted by atomic mass is 9.90. The Labute approximate surface area is 237 Å². The van der Waals surface area contributed by atoms with E-state index in [4.69, 9.17) is 12.2 Å². The van der Waals surface area contributed by atoms with E-state index in [1.807, 2.05) is 13.0 Å². The zero-order chi connectivity index (χ0) is 28.1. The van der Waals surface area contributed by atoms with Gasteiger partial charge < -0.3 is 10.0 Å². The highest BCUT2D eigenvalue weighted by molar-refractivity contribution is 8.26. The molecule has 204 valence electrons. The topological polar surface area (TPSA) is 107 Å². The first kappa shape index (κ1) is 28.6. The molecule has 2 aliphatic rings. The summed E-state index contributed by atoms with van der Waals surface area (Å²) in [5, 5.41) is 19.1. The summed E-state index contributed by atoms with van der Waals surface area (Å²) in [6.07, 6.45) is 6.24. The minimum atomic E-state index is -1.15. The van der Waals surface area contributed by atoms with Crippen molar-refractivity contribution >= 4 is 52.1 Å². The van der Waals surface area contributed by atoms with Crippen LogP contribution in [0.1, 0.15) is 54.9 Å². The van der Waals surface area contributed by atoms with Gasteiger partial charge in [0.1, 0.15) is 28.3 Å². The number of carbonyl (C=O) groups is 2. The molecule has 2 aliphatic heterocycles. The maximum absolute atomic E-state index is 13.5. The van der Waals surface area contributed by atoms with Crippen molar-refractivity contribution in [1.82, 2.24) is 9.47 Å². The lowest BCUT2D eigenvalue weighted by molar-refractivity contribution is -0.140. The lowest BCUT2D eigenvalue weighted by Gasteiger charge is -2.36. The first-order valence-electron chi connectivity index (χ1n) is 13.2. The number of unbranched alkanes of at least 4 members (excludes halogenated alkanes) is 1. The van der Waals surface area contributed by atoms with Crippen molar-refractivity contribution in [2.75, 3.05) is 24.5 Å². The third-order valence-corrected chi connectivity index (χ3v) is 8.68. The molecule has 4 rings (SSSR count). The molecule has 10 heteroatoms. The number of carboxylic acid groups (broad SMARTS) is 1. The highest BCUT2D eigenvalue weighted by Gasteiger charge is 2.35. The van der Waals surface area contributed by atoms with Crippen LogP contribution < -0.4 is 10.5 Å². The Morgan fingerprint density at radius 2 is 1.92 bits per heavy atom. The number of rotatable bonds is 9. The highest BCUT2D eigenvalue weighted by atomic mass is 32.2. The highest BCUT2D eigenvalue weighted by Crippen LogP contribution is 2.37. The fourth-order valence-electron chi connectivity index (χ4n) is 5.21. The van der Waals surface area contributed by atoms with Crippen molar-refractivity contribution < 1.29 is 14.7 Å². The zero-order valence-corrected chi connectivity index (χ0v) is 23.8. The summed E-state index contributed by atoms with van der Waals surface area (Å²) in [5.41, 5.74) is 2.20. The molecule has 0 bridgehead atoms. The van der Waals surface area contributed by atoms with E-state index < -0.39 is 18.4 Å². The van der Waals surface area contributed by atoms with E-state index in [1.54, 1.807) is 17.6 Å². The van der Waals surface area contributed by atoms with Crippen molar-refractivity contribution in [3.8, 4) is 6.07 Å². The third kappa shape index (κ3) is 6.26. The second-order valence-electron chi connectivity index (χ2n) is 9.94. The van der Waals surface area contributed by atoms with Gasteiger partial charge in [-0.15, -0.1) is 0 Å². The van der Waals surface area contributed by atoms with E-state index in [9.17, 15) is 24.8 Å². The van der Waals surface area contributed by atoms with Gasteiger partial charge in [-0.2, -0.15) is 5.26 Å². The SMILES string of the molecule is CCCCn1c(N2CCC(Cc3ccccc3)CC2)c(/C=C2/SC(=S)N(CC(=O)O)C2=O)c(C)c(C#N)c1=O. The lowest BCUT2D eigenvalue weighted by Crippen LogP contribution is -2.40. The van der Waals surface area contributed by atoms with Crippen LogP contribution in [0.25, 0.3) is 6.08 Å². The van der Waals surface area contributed by atoms with Crippen LogP contribution in [0, 0.1) is 24.2 Å². The van der Waals surface area contributed by atoms with Crippen LogP contribution in [-0.4, -0.2) is 50.4 Å². The number of benzene rings is 1. The van der Waals surface area contributed by atoms with E-state index in [1.165, 1.54) is 5.56 Å². The Morgan fingerprint density at radius 3 is 2.54 bits per heavy atom. The molecule has 0 atom stereocenters. The van der Waals surface area contributed by atoms with Gasteiger partial charge in [0.25, 0.3) is 11.5 Å². The number of hydrogen-bond donors (Lipinski definition) is 1. The van der Waals surface area contributed by atoms with E-state index >= 15 is 0 Å². The summed E-state index contributed by atoms with van der Waals surface area (Å²) in [7, 11) is 0. The molecule has 3 heterocycles. The van der Waals surface area contributed by atoms with Gasteiger partial charge in [-0.3, -0.25) is 23.9 Å². The number of thiocarbonyl (C=S) groups is 1. The smallest absolute Gasteiger partial charge is 0.323 e. The number of carboxylic acids is 1. The van der Waals surface area contributed by atoms with Crippen LogP contribution in [0.15, 0.2) is 40.0 Å².